The maximum Gasteiger partial charge on any atom is 0.253 e. The molecule has 15 heteroatoms. The molecule has 0 aromatic heterocycles. The quantitative estimate of drug-likeness (QED) is 0.0447. The molecule has 0 spiro atoms. The molecule has 2 aromatic carbocycles. The highest BCUT2D eigenvalue weighted by Crippen LogP contribution is 2.36. The summed E-state index contributed by atoms with van der Waals surface area (Å²) < 4.78 is 15.4. The second-order valence-corrected chi connectivity index (χ2v) is 20.3. The van der Waals surface area contributed by atoms with Crippen LogP contribution in [0.5, 0.6) is 0 Å². The molecule has 0 saturated carbocycles. The van der Waals surface area contributed by atoms with Crippen molar-refractivity contribution < 1.29 is 28.7 Å². The second kappa shape index (κ2) is 39.5. The molecule has 79 heavy (non-hydrogen) atoms. The van der Waals surface area contributed by atoms with Crippen molar-refractivity contribution in [2.24, 2.45) is 22.6 Å². The van der Waals surface area contributed by atoms with Gasteiger partial charge in [-0.15, -0.1) is 0 Å². The Labute approximate surface area is 477 Å². The Bertz CT molecular complexity index is 2290. The number of benzene rings is 2. The monoisotopic (exact) mass is 1100 g/mol. The van der Waals surface area contributed by atoms with Crippen LogP contribution in [0.3, 0.4) is 0 Å². The first-order chi connectivity index (χ1) is 37.9. The zero-order valence-corrected chi connectivity index (χ0v) is 51.4. The molecule has 2 aromatic rings. The van der Waals surface area contributed by atoms with E-state index in [2.05, 4.69) is 130 Å². The Hall–Kier alpha value is -5.87. The van der Waals surface area contributed by atoms with Crippen LogP contribution >= 0.6 is 0 Å². The van der Waals surface area contributed by atoms with Crippen molar-refractivity contribution in [2.45, 2.75) is 147 Å². The fourth-order valence-corrected chi connectivity index (χ4v) is 9.81. The van der Waals surface area contributed by atoms with Crippen LogP contribution in [0.2, 0.25) is 0 Å². The number of piperidine rings is 1. The van der Waals surface area contributed by atoms with Crippen molar-refractivity contribution in [3.8, 4) is 0 Å². The van der Waals surface area contributed by atoms with Crippen molar-refractivity contribution in [3.05, 3.63) is 119 Å². The van der Waals surface area contributed by atoms with Crippen LogP contribution in [-0.4, -0.2) is 138 Å². The number of amides is 2. The van der Waals surface area contributed by atoms with E-state index in [1.165, 1.54) is 17.3 Å². The Morgan fingerprint density at radius 1 is 1.00 bits per heavy atom. The van der Waals surface area contributed by atoms with Crippen LogP contribution in [0.15, 0.2) is 101 Å². The number of nitrogens with one attached hydrogen (secondary N) is 1. The lowest BCUT2D eigenvalue weighted by molar-refractivity contribution is -0.113. The number of likely N-dealkylation sites (N-methyl/N-ethyl adjacent to an activating group) is 1. The van der Waals surface area contributed by atoms with Gasteiger partial charge in [-0.1, -0.05) is 92.5 Å². The van der Waals surface area contributed by atoms with E-state index >= 15 is 4.39 Å². The van der Waals surface area contributed by atoms with Crippen molar-refractivity contribution in [1.29, 1.82) is 0 Å². The number of piperazine rings is 1. The number of aliphatic imine (C=N–C) groups is 1. The highest BCUT2D eigenvalue weighted by Gasteiger charge is 2.29. The largest absolute Gasteiger partial charge is 0.388 e. The van der Waals surface area contributed by atoms with Crippen LogP contribution < -0.4 is 25.8 Å². The third-order valence-electron chi connectivity index (χ3n) is 14.1. The predicted molar refractivity (Wildman–Crippen MR) is 333 cm³/mol. The maximum atomic E-state index is 15.4. The van der Waals surface area contributed by atoms with E-state index in [4.69, 9.17) is 14.7 Å². The molecule has 3 heterocycles. The van der Waals surface area contributed by atoms with Crippen LogP contribution in [0.4, 0.5) is 21.5 Å². The summed E-state index contributed by atoms with van der Waals surface area (Å²) in [5.41, 5.74) is 14.8. The highest BCUT2D eigenvalue weighted by atomic mass is 19.1. The zero-order chi connectivity index (χ0) is 59.6. The summed E-state index contributed by atoms with van der Waals surface area (Å²) in [5.74, 6) is 0.698. The van der Waals surface area contributed by atoms with Gasteiger partial charge in [0.15, 0.2) is 0 Å². The summed E-state index contributed by atoms with van der Waals surface area (Å²) in [4.78, 5) is 54.8. The first-order valence-corrected chi connectivity index (χ1v) is 28.9. The fraction of sp³-hybridized carbons (Fsp3) is 0.562. The number of carbonyl (C=O) groups is 3. The van der Waals surface area contributed by atoms with Crippen LogP contribution in [-0.2, 0) is 14.4 Å². The number of carbonyl (C=O) groups excluding carboxylic acids is 3. The molecule has 2 fully saturated rings. The number of rotatable bonds is 22. The van der Waals surface area contributed by atoms with E-state index in [0.29, 0.717) is 23.0 Å². The van der Waals surface area contributed by atoms with E-state index in [1.807, 2.05) is 81.8 Å². The molecule has 3 aliphatic heterocycles. The molecular weight excluding hydrogens is 994 g/mol. The number of allylic oxidation sites excluding steroid dienone is 6. The van der Waals surface area contributed by atoms with Crippen molar-refractivity contribution in [2.75, 3.05) is 94.9 Å². The molecule has 2 atom stereocenters. The van der Waals surface area contributed by atoms with E-state index < -0.39 is 0 Å². The van der Waals surface area contributed by atoms with Crippen LogP contribution in [0.1, 0.15) is 149 Å². The van der Waals surface area contributed by atoms with Gasteiger partial charge in [-0.05, 0) is 143 Å². The first kappa shape index (κ1) is 71.1. The van der Waals surface area contributed by atoms with E-state index in [0.717, 1.165) is 150 Å². The number of aliphatic hydroxyl groups excluding tert-OH is 1. The summed E-state index contributed by atoms with van der Waals surface area (Å²) in [6.07, 6.45) is 22.4. The SMILES string of the molecule is C=C(/C=C(\C)C(C)C)/C(=C\C=NC)N1C=CC(NC)=CC(C)O1.C=O.CC.CC/C=C(\CCC)c1c(C)cc(C(=O)N2CCC(CN3CCN(c4ccc(N(C=O)C(C)CCC)c(N(C)CCC)c4)CC3)CC2)cc1F.NCO. The van der Waals surface area contributed by atoms with Gasteiger partial charge in [0.05, 0.1) is 23.8 Å². The molecule has 2 saturated heterocycles. The Morgan fingerprint density at radius 2 is 1.65 bits per heavy atom. The number of hydrogen-bond donors (Lipinski definition) is 3. The maximum absolute atomic E-state index is 15.4. The number of hydrogen-bond acceptors (Lipinski definition) is 12. The molecule has 2 unspecified atom stereocenters. The van der Waals surface area contributed by atoms with Crippen molar-refractivity contribution in [3.63, 3.8) is 0 Å². The fourth-order valence-electron chi connectivity index (χ4n) is 9.81. The topological polar surface area (TPSA) is 151 Å². The van der Waals surface area contributed by atoms with Gasteiger partial charge in [-0.3, -0.25) is 24.3 Å². The number of halogens is 1. The van der Waals surface area contributed by atoms with Gasteiger partial charge < -0.3 is 40.6 Å². The lowest BCUT2D eigenvalue weighted by Crippen LogP contribution is -2.49. The standard InChI is InChI=1S/C41H62FN5O2.C19H29N3O.C2H6.CH5NO.CH2O/c1-8-12-32(6)47(30-48)38-16-15-36(28-39(38)43(7)19-11-4)45-24-22-44(23-25-45)29-33-17-20-46(21-18-33)41(49)35-26-31(5)40(37(42)27-35)34(13-9-2)14-10-3;1-14(2)15(3)12-16(4)19(8-10-20-6)22-11-9-18(21-7)13-17(5)23-22;1-2;2-1-3;1-2/h13,15-16,26-28,30,32-33H,8-12,14,17-25,29H2,1-7H3;8-14,17,21H,4H2,1-3,5-7H3;1-2H3;3H,1-2H2;1H2/b34-13+;15-12+,19-8+,20-10?;;;. The predicted octanol–water partition coefficient (Wildman–Crippen LogP) is 12.1. The summed E-state index contributed by atoms with van der Waals surface area (Å²) >= 11 is 0. The minimum atomic E-state index is -0.282. The van der Waals surface area contributed by atoms with Gasteiger partial charge in [-0.25, -0.2) is 9.45 Å². The lowest BCUT2D eigenvalue weighted by Gasteiger charge is -2.40. The molecule has 14 nitrogen and oxygen atoms in total. The van der Waals surface area contributed by atoms with Gasteiger partial charge in [-0.2, -0.15) is 0 Å². The normalized spacial score (nSPS) is 16.7. The number of hydroxylamine groups is 2. The summed E-state index contributed by atoms with van der Waals surface area (Å²) in [7, 11) is 5.77. The summed E-state index contributed by atoms with van der Waals surface area (Å²) in [6, 6.07) is 10.1. The lowest BCUT2D eigenvalue weighted by atomic mass is 9.92. The van der Waals surface area contributed by atoms with E-state index in [-0.39, 0.29) is 30.6 Å². The van der Waals surface area contributed by atoms with E-state index in [9.17, 15) is 9.59 Å². The molecule has 3 aliphatic rings. The third-order valence-corrected chi connectivity index (χ3v) is 14.1. The molecular formula is C64H104FN9O5. The average molecular weight is 1100 g/mol. The Balaban J connectivity index is 0.000000868. The van der Waals surface area contributed by atoms with Gasteiger partial charge in [0.2, 0.25) is 6.41 Å². The number of aryl methyl sites for hydroxylation is 1. The minimum Gasteiger partial charge on any atom is -0.388 e. The molecule has 0 radical (unpaired) electrons. The van der Waals surface area contributed by atoms with Gasteiger partial charge >= 0.3 is 0 Å². The molecule has 5 rings (SSSR count). The zero-order valence-electron chi connectivity index (χ0n) is 51.4. The molecule has 4 N–H and O–H groups in total. The highest BCUT2D eigenvalue weighted by molar-refractivity contribution is 5.95. The van der Waals surface area contributed by atoms with Crippen molar-refractivity contribution >= 4 is 48.0 Å². The number of anilines is 3. The van der Waals surface area contributed by atoms with E-state index in [1.54, 1.807) is 18.3 Å². The van der Waals surface area contributed by atoms with Gasteiger partial charge in [0.1, 0.15) is 18.7 Å². The van der Waals surface area contributed by atoms with Crippen molar-refractivity contribution in [1.82, 2.24) is 20.2 Å². The molecule has 0 aliphatic carbocycles. The molecule has 442 valence electrons. The average Bonchev–Trinajstić information content (AvgIpc) is 3.65. The van der Waals surface area contributed by atoms with Gasteiger partial charge in [0, 0.05) is 114 Å². The molecule has 0 bridgehead atoms. The minimum absolute atomic E-state index is 0.0526. The number of nitrogens with zero attached hydrogens (tertiary/aromatic N) is 7. The number of likely N-dealkylation sites (tertiary alicyclic amines) is 1. The second-order valence-electron chi connectivity index (χ2n) is 20.3. The Morgan fingerprint density at radius 3 is 2.18 bits per heavy atom. The first-order valence-electron chi connectivity index (χ1n) is 28.9. The summed E-state index contributed by atoms with van der Waals surface area (Å²) in [5, 5.41) is 12.2. The van der Waals surface area contributed by atoms with Crippen LogP contribution in [0, 0.1) is 24.6 Å². The van der Waals surface area contributed by atoms with Crippen LogP contribution in [0.25, 0.3) is 5.57 Å². The van der Waals surface area contributed by atoms with Gasteiger partial charge in [0.25, 0.3) is 5.91 Å². The Kier molecular flexibility index (Phi) is 35.6. The smallest absolute Gasteiger partial charge is 0.253 e. The number of nitrogens with two attached hydrogens (primary N) is 1. The molecule has 2 amide bonds. The third kappa shape index (κ3) is 23.0. The summed E-state index contributed by atoms with van der Waals surface area (Å²) in [6.45, 7) is 38.4. The number of aliphatic hydroxyl groups is 1.